The Morgan fingerprint density at radius 3 is 2.33 bits per heavy atom. The maximum Gasteiger partial charge on any atom is 0.162 e. The Hall–Kier alpha value is -1.12. The molecule has 0 saturated carbocycles. The maximum absolute atomic E-state index is 13.0. The number of halogens is 2. The molecule has 0 heterocycles. The Morgan fingerprint density at radius 1 is 1.25 bits per heavy atom. The second kappa shape index (κ2) is 3.09. The van der Waals surface area contributed by atoms with E-state index in [9.17, 15) is 8.78 Å². The lowest BCUT2D eigenvalue weighted by molar-refractivity contribution is 0.494. The van der Waals surface area contributed by atoms with Gasteiger partial charge >= 0.3 is 0 Å². The molecule has 1 nitrogen and oxygen atoms in total. The fourth-order valence-corrected chi connectivity index (χ4v) is 1.05. The molecule has 0 radical (unpaired) electrons. The molecule has 1 aromatic rings. The standard InChI is InChI=1S/C9H11F2N/c1-5(2)7-3-6(12)4-8(10)9(7)11/h3-5H,12H2,1-2H3. The van der Waals surface area contributed by atoms with E-state index in [1.54, 1.807) is 13.8 Å². The number of rotatable bonds is 1. The lowest BCUT2D eigenvalue weighted by Gasteiger charge is -2.08. The summed E-state index contributed by atoms with van der Waals surface area (Å²) in [5, 5.41) is 0. The van der Waals surface area contributed by atoms with Gasteiger partial charge in [-0.2, -0.15) is 0 Å². The Morgan fingerprint density at radius 2 is 1.83 bits per heavy atom. The van der Waals surface area contributed by atoms with Gasteiger partial charge in [0.05, 0.1) is 0 Å². The van der Waals surface area contributed by atoms with E-state index in [0.29, 0.717) is 5.56 Å². The Labute approximate surface area is 70.2 Å². The van der Waals surface area contributed by atoms with Crippen LogP contribution in [0.3, 0.4) is 0 Å². The highest BCUT2D eigenvalue weighted by Crippen LogP contribution is 2.23. The van der Waals surface area contributed by atoms with Crippen molar-refractivity contribution in [3.05, 3.63) is 29.3 Å². The highest BCUT2D eigenvalue weighted by molar-refractivity contribution is 5.43. The molecule has 66 valence electrons. The Bertz CT molecular complexity index is 295. The van der Waals surface area contributed by atoms with Crippen molar-refractivity contribution in [1.82, 2.24) is 0 Å². The molecule has 0 aliphatic heterocycles. The summed E-state index contributed by atoms with van der Waals surface area (Å²) >= 11 is 0. The molecule has 1 rings (SSSR count). The number of hydrogen-bond donors (Lipinski definition) is 1. The zero-order chi connectivity index (χ0) is 9.30. The largest absolute Gasteiger partial charge is 0.399 e. The molecule has 1 aromatic carbocycles. The molecule has 0 aliphatic carbocycles. The van der Waals surface area contributed by atoms with Crippen LogP contribution in [-0.4, -0.2) is 0 Å². The molecule has 12 heavy (non-hydrogen) atoms. The zero-order valence-corrected chi connectivity index (χ0v) is 7.07. The molecule has 0 fully saturated rings. The molecule has 0 bridgehead atoms. The first-order chi connectivity index (χ1) is 5.52. The fraction of sp³-hybridized carbons (Fsp3) is 0.333. The molecule has 0 aromatic heterocycles. The van der Waals surface area contributed by atoms with Crippen LogP contribution in [-0.2, 0) is 0 Å². The van der Waals surface area contributed by atoms with Crippen LogP contribution < -0.4 is 5.73 Å². The fourth-order valence-electron chi connectivity index (χ4n) is 1.05. The first kappa shape index (κ1) is 8.97. The van der Waals surface area contributed by atoms with Gasteiger partial charge in [-0.3, -0.25) is 0 Å². The predicted molar refractivity (Wildman–Crippen MR) is 44.9 cm³/mol. The SMILES string of the molecule is CC(C)c1cc(N)cc(F)c1F. The number of anilines is 1. The third-order valence-corrected chi connectivity index (χ3v) is 1.70. The maximum atomic E-state index is 13.0. The summed E-state index contributed by atoms with van der Waals surface area (Å²) in [6, 6.07) is 2.45. The summed E-state index contributed by atoms with van der Waals surface area (Å²) in [6.07, 6.45) is 0. The molecule has 0 unspecified atom stereocenters. The zero-order valence-electron chi connectivity index (χ0n) is 7.07. The number of nitrogens with two attached hydrogens (primary N) is 1. The number of nitrogen functional groups attached to an aromatic ring is 1. The molecule has 0 saturated heterocycles. The van der Waals surface area contributed by atoms with Gasteiger partial charge in [0, 0.05) is 5.69 Å². The lowest BCUT2D eigenvalue weighted by Crippen LogP contribution is -1.99. The predicted octanol–water partition coefficient (Wildman–Crippen LogP) is 2.67. The summed E-state index contributed by atoms with van der Waals surface area (Å²) < 4.78 is 25.7. The molecule has 0 aliphatic rings. The number of hydrogen-bond acceptors (Lipinski definition) is 1. The van der Waals surface area contributed by atoms with Crippen molar-refractivity contribution in [3.8, 4) is 0 Å². The summed E-state index contributed by atoms with van der Waals surface area (Å²) in [4.78, 5) is 0. The third kappa shape index (κ3) is 1.55. The van der Waals surface area contributed by atoms with Crippen molar-refractivity contribution in [3.63, 3.8) is 0 Å². The minimum absolute atomic E-state index is 0.0528. The van der Waals surface area contributed by atoms with E-state index in [0.717, 1.165) is 6.07 Å². The summed E-state index contributed by atoms with van der Waals surface area (Å²) in [6.45, 7) is 3.58. The van der Waals surface area contributed by atoms with Gasteiger partial charge in [-0.05, 0) is 23.6 Å². The van der Waals surface area contributed by atoms with E-state index in [4.69, 9.17) is 5.73 Å². The molecule has 3 heteroatoms. The van der Waals surface area contributed by atoms with Crippen LogP contribution in [0.1, 0.15) is 25.3 Å². The van der Waals surface area contributed by atoms with Crippen LogP contribution in [0.2, 0.25) is 0 Å². The van der Waals surface area contributed by atoms with Gasteiger partial charge in [-0.25, -0.2) is 8.78 Å². The van der Waals surface area contributed by atoms with Crippen molar-refractivity contribution in [2.24, 2.45) is 0 Å². The normalized spacial score (nSPS) is 10.8. The quantitative estimate of drug-likeness (QED) is 0.646. The third-order valence-electron chi connectivity index (χ3n) is 1.70. The van der Waals surface area contributed by atoms with Gasteiger partial charge in [0.25, 0.3) is 0 Å². The first-order valence-corrected chi connectivity index (χ1v) is 3.76. The van der Waals surface area contributed by atoms with Gasteiger partial charge in [0.15, 0.2) is 11.6 Å². The van der Waals surface area contributed by atoms with Crippen LogP contribution >= 0.6 is 0 Å². The molecule has 2 N–H and O–H groups in total. The van der Waals surface area contributed by atoms with E-state index in [2.05, 4.69) is 0 Å². The van der Waals surface area contributed by atoms with Crippen molar-refractivity contribution in [1.29, 1.82) is 0 Å². The van der Waals surface area contributed by atoms with Crippen LogP contribution in [0.15, 0.2) is 12.1 Å². The lowest BCUT2D eigenvalue weighted by atomic mass is 10.0. The van der Waals surface area contributed by atoms with E-state index < -0.39 is 11.6 Å². The molecule has 0 amide bonds. The van der Waals surface area contributed by atoms with E-state index in [1.807, 2.05) is 0 Å². The van der Waals surface area contributed by atoms with E-state index in [-0.39, 0.29) is 11.6 Å². The van der Waals surface area contributed by atoms with E-state index >= 15 is 0 Å². The van der Waals surface area contributed by atoms with Gasteiger partial charge < -0.3 is 5.73 Å². The van der Waals surface area contributed by atoms with Crippen LogP contribution in [0.25, 0.3) is 0 Å². The van der Waals surface area contributed by atoms with Crippen molar-refractivity contribution < 1.29 is 8.78 Å². The molecule has 0 atom stereocenters. The summed E-state index contributed by atoms with van der Waals surface area (Å²) in [5.74, 6) is -1.72. The highest BCUT2D eigenvalue weighted by atomic mass is 19.2. The molecule has 0 spiro atoms. The minimum atomic E-state index is -0.876. The Balaban J connectivity index is 3.28. The average Bonchev–Trinajstić information content (AvgIpc) is 1.96. The monoisotopic (exact) mass is 171 g/mol. The van der Waals surface area contributed by atoms with Gasteiger partial charge in [-0.15, -0.1) is 0 Å². The second-order valence-electron chi connectivity index (χ2n) is 3.06. The summed E-state index contributed by atoms with van der Waals surface area (Å²) in [7, 11) is 0. The highest BCUT2D eigenvalue weighted by Gasteiger charge is 2.11. The molecular weight excluding hydrogens is 160 g/mol. The van der Waals surface area contributed by atoms with Crippen molar-refractivity contribution >= 4 is 5.69 Å². The smallest absolute Gasteiger partial charge is 0.162 e. The first-order valence-electron chi connectivity index (χ1n) is 3.76. The van der Waals surface area contributed by atoms with Gasteiger partial charge in [0.2, 0.25) is 0 Å². The number of benzene rings is 1. The summed E-state index contributed by atoms with van der Waals surface area (Å²) in [5.41, 5.74) is 5.95. The van der Waals surface area contributed by atoms with Crippen molar-refractivity contribution in [2.75, 3.05) is 5.73 Å². The second-order valence-corrected chi connectivity index (χ2v) is 3.06. The van der Waals surface area contributed by atoms with Crippen LogP contribution in [0, 0.1) is 11.6 Å². The minimum Gasteiger partial charge on any atom is -0.399 e. The Kier molecular flexibility index (Phi) is 2.31. The van der Waals surface area contributed by atoms with Crippen LogP contribution in [0.5, 0.6) is 0 Å². The average molecular weight is 171 g/mol. The van der Waals surface area contributed by atoms with Crippen molar-refractivity contribution in [2.45, 2.75) is 19.8 Å². The molecular formula is C9H11F2N. The van der Waals surface area contributed by atoms with Crippen LogP contribution in [0.4, 0.5) is 14.5 Å². The van der Waals surface area contributed by atoms with Gasteiger partial charge in [0.1, 0.15) is 0 Å². The van der Waals surface area contributed by atoms with E-state index in [1.165, 1.54) is 6.07 Å². The van der Waals surface area contributed by atoms with Gasteiger partial charge in [-0.1, -0.05) is 13.8 Å². The topological polar surface area (TPSA) is 26.0 Å².